The zero-order valence-corrected chi connectivity index (χ0v) is 12.7. The summed E-state index contributed by atoms with van der Waals surface area (Å²) in [4.78, 5) is 6.18. The van der Waals surface area contributed by atoms with Crippen molar-refractivity contribution in [3.8, 4) is 0 Å². The molecular formula is C14H20Cl2N2. The van der Waals surface area contributed by atoms with E-state index in [-0.39, 0.29) is 0 Å². The Morgan fingerprint density at radius 3 is 2.39 bits per heavy atom. The van der Waals surface area contributed by atoms with Gasteiger partial charge in [0.25, 0.3) is 0 Å². The first-order chi connectivity index (χ1) is 8.41. The molecule has 0 atom stereocenters. The number of rotatable bonds is 6. The van der Waals surface area contributed by atoms with E-state index in [2.05, 4.69) is 37.4 Å². The molecule has 0 spiro atoms. The highest BCUT2D eigenvalue weighted by atomic mass is 35.5. The lowest BCUT2D eigenvalue weighted by molar-refractivity contribution is 0.344. The molecule has 0 saturated carbocycles. The van der Waals surface area contributed by atoms with E-state index in [0.29, 0.717) is 16.0 Å². The number of halogens is 2. The summed E-state index contributed by atoms with van der Waals surface area (Å²) >= 11 is 12.2. The second kappa shape index (κ2) is 7.13. The SMILES string of the molecule is C=C(CN(C)CCC(C)C)c1c(Cl)cncc1Cl. The Morgan fingerprint density at radius 2 is 1.89 bits per heavy atom. The highest BCUT2D eigenvalue weighted by Crippen LogP contribution is 2.29. The minimum absolute atomic E-state index is 0.560. The largest absolute Gasteiger partial charge is 0.302 e. The third-order valence-corrected chi connectivity index (χ3v) is 3.33. The van der Waals surface area contributed by atoms with E-state index < -0.39 is 0 Å². The van der Waals surface area contributed by atoms with Crippen molar-refractivity contribution in [1.82, 2.24) is 9.88 Å². The van der Waals surface area contributed by atoms with Crippen LogP contribution in [-0.4, -0.2) is 30.0 Å². The van der Waals surface area contributed by atoms with Gasteiger partial charge in [0.2, 0.25) is 0 Å². The third-order valence-electron chi connectivity index (χ3n) is 2.76. The van der Waals surface area contributed by atoms with Crippen LogP contribution in [0.15, 0.2) is 19.0 Å². The van der Waals surface area contributed by atoms with Gasteiger partial charge in [-0.15, -0.1) is 0 Å². The molecule has 0 fully saturated rings. The molecule has 1 rings (SSSR count). The molecule has 0 aromatic carbocycles. The molecule has 0 radical (unpaired) electrons. The summed E-state index contributed by atoms with van der Waals surface area (Å²) in [6.45, 7) is 10.3. The molecular weight excluding hydrogens is 267 g/mol. The minimum Gasteiger partial charge on any atom is -0.302 e. The van der Waals surface area contributed by atoms with Crippen LogP contribution >= 0.6 is 23.2 Å². The molecule has 1 heterocycles. The van der Waals surface area contributed by atoms with Crippen molar-refractivity contribution in [2.45, 2.75) is 20.3 Å². The number of nitrogens with zero attached hydrogens (tertiary/aromatic N) is 2. The maximum Gasteiger partial charge on any atom is 0.0679 e. The van der Waals surface area contributed by atoms with E-state index in [9.17, 15) is 0 Å². The van der Waals surface area contributed by atoms with Crippen molar-refractivity contribution in [3.05, 3.63) is 34.6 Å². The number of likely N-dealkylation sites (N-methyl/N-ethyl adjacent to an activating group) is 1. The molecule has 18 heavy (non-hydrogen) atoms. The van der Waals surface area contributed by atoms with Crippen LogP contribution in [0, 0.1) is 5.92 Å². The molecule has 4 heteroatoms. The smallest absolute Gasteiger partial charge is 0.0679 e. The van der Waals surface area contributed by atoms with Crippen LogP contribution in [0.25, 0.3) is 5.57 Å². The third kappa shape index (κ3) is 4.60. The fraction of sp³-hybridized carbons (Fsp3) is 0.500. The van der Waals surface area contributed by atoms with Crippen LogP contribution in [0.2, 0.25) is 10.0 Å². The predicted molar refractivity (Wildman–Crippen MR) is 80.2 cm³/mol. The first-order valence-corrected chi connectivity index (χ1v) is 6.83. The Bertz CT molecular complexity index is 396. The fourth-order valence-corrected chi connectivity index (χ4v) is 2.34. The Hall–Kier alpha value is -0.570. The average Bonchev–Trinajstić information content (AvgIpc) is 2.26. The van der Waals surface area contributed by atoms with Gasteiger partial charge in [0.1, 0.15) is 0 Å². The zero-order chi connectivity index (χ0) is 13.7. The van der Waals surface area contributed by atoms with Gasteiger partial charge < -0.3 is 4.90 Å². The second-order valence-electron chi connectivity index (χ2n) is 5.00. The van der Waals surface area contributed by atoms with Gasteiger partial charge in [-0.2, -0.15) is 0 Å². The summed E-state index contributed by atoms with van der Waals surface area (Å²) in [5.74, 6) is 0.703. The molecule has 0 aliphatic heterocycles. The van der Waals surface area contributed by atoms with Crippen LogP contribution in [0.5, 0.6) is 0 Å². The Kier molecular flexibility index (Phi) is 6.13. The summed E-state index contributed by atoms with van der Waals surface area (Å²) in [7, 11) is 2.08. The minimum atomic E-state index is 0.560. The van der Waals surface area contributed by atoms with E-state index in [1.54, 1.807) is 12.4 Å². The lowest BCUT2D eigenvalue weighted by atomic mass is 10.1. The van der Waals surface area contributed by atoms with Crippen molar-refractivity contribution < 1.29 is 0 Å². The fourth-order valence-electron chi connectivity index (χ4n) is 1.71. The molecule has 1 aromatic heterocycles. The maximum absolute atomic E-state index is 6.11. The summed E-state index contributed by atoms with van der Waals surface area (Å²) in [6.07, 6.45) is 4.37. The molecule has 0 aliphatic rings. The molecule has 0 saturated heterocycles. The van der Waals surface area contributed by atoms with E-state index in [1.165, 1.54) is 6.42 Å². The van der Waals surface area contributed by atoms with Crippen molar-refractivity contribution in [1.29, 1.82) is 0 Å². The summed E-state index contributed by atoms with van der Waals surface area (Å²) < 4.78 is 0. The van der Waals surface area contributed by atoms with Crippen molar-refractivity contribution >= 4 is 28.8 Å². The van der Waals surface area contributed by atoms with Gasteiger partial charge in [0.05, 0.1) is 10.0 Å². The monoisotopic (exact) mass is 286 g/mol. The van der Waals surface area contributed by atoms with Crippen LogP contribution in [0.4, 0.5) is 0 Å². The van der Waals surface area contributed by atoms with Crippen molar-refractivity contribution in [2.75, 3.05) is 20.1 Å². The van der Waals surface area contributed by atoms with Gasteiger partial charge in [-0.1, -0.05) is 43.6 Å². The molecule has 0 aliphatic carbocycles. The summed E-state index contributed by atoms with van der Waals surface area (Å²) in [5, 5.41) is 1.12. The van der Waals surface area contributed by atoms with Gasteiger partial charge >= 0.3 is 0 Å². The average molecular weight is 287 g/mol. The number of aromatic nitrogens is 1. The van der Waals surface area contributed by atoms with Gasteiger partial charge in [-0.25, -0.2) is 0 Å². The first kappa shape index (κ1) is 15.5. The van der Waals surface area contributed by atoms with Crippen LogP contribution in [0.3, 0.4) is 0 Å². The Labute approximate surface area is 120 Å². The van der Waals surface area contributed by atoms with Gasteiger partial charge in [0, 0.05) is 24.5 Å². The summed E-state index contributed by atoms with van der Waals surface area (Å²) in [6, 6.07) is 0. The first-order valence-electron chi connectivity index (χ1n) is 6.07. The maximum atomic E-state index is 6.11. The number of hydrogen-bond donors (Lipinski definition) is 0. The Balaban J connectivity index is 2.65. The molecule has 0 unspecified atom stereocenters. The van der Waals surface area contributed by atoms with E-state index in [4.69, 9.17) is 23.2 Å². The topological polar surface area (TPSA) is 16.1 Å². The lowest BCUT2D eigenvalue weighted by Crippen LogP contribution is -2.22. The van der Waals surface area contributed by atoms with Crippen LogP contribution in [-0.2, 0) is 0 Å². The zero-order valence-electron chi connectivity index (χ0n) is 11.2. The molecule has 2 nitrogen and oxygen atoms in total. The quantitative estimate of drug-likeness (QED) is 0.772. The van der Waals surface area contributed by atoms with E-state index in [0.717, 1.165) is 24.2 Å². The van der Waals surface area contributed by atoms with E-state index in [1.807, 2.05) is 0 Å². The van der Waals surface area contributed by atoms with E-state index >= 15 is 0 Å². The van der Waals surface area contributed by atoms with Gasteiger partial charge in [-0.3, -0.25) is 4.98 Å². The van der Waals surface area contributed by atoms with Crippen molar-refractivity contribution in [2.24, 2.45) is 5.92 Å². The van der Waals surface area contributed by atoms with Gasteiger partial charge in [0.15, 0.2) is 0 Å². The molecule has 0 amide bonds. The number of pyridine rings is 1. The van der Waals surface area contributed by atoms with Crippen molar-refractivity contribution in [3.63, 3.8) is 0 Å². The highest BCUT2D eigenvalue weighted by Gasteiger charge is 2.11. The van der Waals surface area contributed by atoms with Crippen LogP contribution in [0.1, 0.15) is 25.8 Å². The second-order valence-corrected chi connectivity index (χ2v) is 5.82. The molecule has 100 valence electrons. The van der Waals surface area contributed by atoms with Crippen LogP contribution < -0.4 is 0 Å². The predicted octanol–water partition coefficient (Wildman–Crippen LogP) is 4.38. The molecule has 0 bridgehead atoms. The lowest BCUT2D eigenvalue weighted by Gasteiger charge is -2.20. The van der Waals surface area contributed by atoms with Gasteiger partial charge in [-0.05, 0) is 31.5 Å². The number of hydrogen-bond acceptors (Lipinski definition) is 2. The Morgan fingerprint density at radius 1 is 1.33 bits per heavy atom. The molecule has 1 aromatic rings. The highest BCUT2D eigenvalue weighted by molar-refractivity contribution is 6.37. The normalized spacial score (nSPS) is 11.3. The molecule has 0 N–H and O–H groups in total. The standard InChI is InChI=1S/C14H20Cl2N2/c1-10(2)5-6-18(4)9-11(3)14-12(15)7-17-8-13(14)16/h7-8,10H,3,5-6,9H2,1-2,4H3. The summed E-state index contributed by atoms with van der Waals surface area (Å²) in [5.41, 5.74) is 1.74.